The molecule has 3 aromatic rings. The van der Waals surface area contributed by atoms with E-state index in [1.165, 1.54) is 24.3 Å². The van der Waals surface area contributed by atoms with Crippen LogP contribution >= 0.6 is 0 Å². The van der Waals surface area contributed by atoms with Gasteiger partial charge in [-0.05, 0) is 24.3 Å². The Morgan fingerprint density at radius 1 is 0.939 bits per heavy atom. The third-order valence-corrected chi connectivity index (χ3v) is 4.81. The van der Waals surface area contributed by atoms with Crippen molar-refractivity contribution in [2.24, 2.45) is 0 Å². The van der Waals surface area contributed by atoms with Crippen LogP contribution in [-0.2, 0) is 19.0 Å². The lowest BCUT2D eigenvalue weighted by atomic mass is 10.1. The predicted octanol–water partition coefficient (Wildman–Crippen LogP) is 1.58. The zero-order valence-electron chi connectivity index (χ0n) is 16.8. The third-order valence-electron chi connectivity index (χ3n) is 4.81. The fourth-order valence-electron chi connectivity index (χ4n) is 3.29. The number of benzene rings is 2. The highest BCUT2D eigenvalue weighted by atomic mass is 16.7. The number of nitrogens with zero attached hydrogens (tertiary/aromatic N) is 4. The molecule has 33 heavy (non-hydrogen) atoms. The van der Waals surface area contributed by atoms with Crippen molar-refractivity contribution in [3.8, 4) is 6.07 Å². The molecule has 1 aliphatic rings. The van der Waals surface area contributed by atoms with Gasteiger partial charge >= 0.3 is 17.9 Å². The summed E-state index contributed by atoms with van der Waals surface area (Å²) in [5, 5.41) is 22.6. The molecule has 4 rings (SSSR count). The van der Waals surface area contributed by atoms with E-state index in [9.17, 15) is 19.5 Å². The van der Waals surface area contributed by atoms with E-state index in [2.05, 4.69) is 10.1 Å². The topological polar surface area (TPSA) is 154 Å². The smallest absolute Gasteiger partial charge is 0.338 e. The average Bonchev–Trinajstić information content (AvgIpc) is 3.45. The highest BCUT2D eigenvalue weighted by Gasteiger charge is 2.54. The second-order valence-electron chi connectivity index (χ2n) is 6.92. The molecule has 166 valence electrons. The summed E-state index contributed by atoms with van der Waals surface area (Å²) in [5.74, 6) is -3.26. The van der Waals surface area contributed by atoms with E-state index in [4.69, 9.17) is 19.5 Å². The van der Waals surface area contributed by atoms with Crippen molar-refractivity contribution >= 4 is 17.9 Å². The number of aromatic nitrogens is 3. The lowest BCUT2D eigenvalue weighted by molar-refractivity contribution is -0.155. The number of carboxylic acid groups (broad SMARTS) is 1. The van der Waals surface area contributed by atoms with Gasteiger partial charge in [0, 0.05) is 0 Å². The molecule has 4 atom stereocenters. The van der Waals surface area contributed by atoms with Crippen LogP contribution in [0.15, 0.2) is 67.0 Å². The molecular weight excluding hydrogens is 432 g/mol. The number of aliphatic carboxylic acids is 1. The molecule has 0 saturated carbocycles. The normalized spacial score (nSPS) is 21.7. The number of carboxylic acids is 1. The van der Waals surface area contributed by atoms with Gasteiger partial charge in [-0.1, -0.05) is 36.4 Å². The molecule has 0 unspecified atom stereocenters. The van der Waals surface area contributed by atoms with Gasteiger partial charge in [0.15, 0.2) is 24.5 Å². The van der Waals surface area contributed by atoms with Crippen molar-refractivity contribution < 1.29 is 33.7 Å². The van der Waals surface area contributed by atoms with Gasteiger partial charge in [-0.15, -0.1) is 5.10 Å². The van der Waals surface area contributed by atoms with Crippen molar-refractivity contribution in [3.05, 3.63) is 83.9 Å². The SMILES string of the molecule is N#Cc1ncn([C@@H]2O[C@H](C(=O)O)[C@@H](OC(=O)c3ccccc3)[C@H]2OC(=O)c2ccccc2)n1. The number of hydrogen-bond donors (Lipinski definition) is 1. The number of rotatable bonds is 6. The molecule has 0 spiro atoms. The average molecular weight is 448 g/mol. The molecule has 1 fully saturated rings. The zero-order valence-corrected chi connectivity index (χ0v) is 16.8. The monoisotopic (exact) mass is 448 g/mol. The highest BCUT2D eigenvalue weighted by molar-refractivity contribution is 5.91. The van der Waals surface area contributed by atoms with Gasteiger partial charge in [0.2, 0.25) is 0 Å². The van der Waals surface area contributed by atoms with E-state index >= 15 is 0 Å². The number of carbonyl (C=O) groups excluding carboxylic acids is 2. The fourth-order valence-corrected chi connectivity index (χ4v) is 3.29. The summed E-state index contributed by atoms with van der Waals surface area (Å²) >= 11 is 0. The minimum Gasteiger partial charge on any atom is -0.479 e. The molecule has 2 aromatic carbocycles. The van der Waals surface area contributed by atoms with Crippen molar-refractivity contribution in [1.29, 1.82) is 5.26 Å². The van der Waals surface area contributed by atoms with Crippen LogP contribution in [0.25, 0.3) is 0 Å². The van der Waals surface area contributed by atoms with Gasteiger partial charge in [0.25, 0.3) is 5.82 Å². The van der Waals surface area contributed by atoms with E-state index in [1.54, 1.807) is 42.5 Å². The van der Waals surface area contributed by atoms with Crippen LogP contribution in [0.4, 0.5) is 0 Å². The first-order valence-corrected chi connectivity index (χ1v) is 9.69. The summed E-state index contributed by atoms with van der Waals surface area (Å²) in [4.78, 5) is 41.1. The quantitative estimate of drug-likeness (QED) is 0.550. The van der Waals surface area contributed by atoms with E-state index in [0.29, 0.717) is 0 Å². The maximum atomic E-state index is 12.8. The van der Waals surface area contributed by atoms with Gasteiger partial charge < -0.3 is 19.3 Å². The van der Waals surface area contributed by atoms with Crippen LogP contribution in [0.1, 0.15) is 32.8 Å². The molecule has 1 aromatic heterocycles. The largest absolute Gasteiger partial charge is 0.479 e. The summed E-state index contributed by atoms with van der Waals surface area (Å²) in [7, 11) is 0. The number of ether oxygens (including phenoxy) is 3. The molecule has 1 aliphatic heterocycles. The maximum absolute atomic E-state index is 12.8. The number of carbonyl (C=O) groups is 3. The molecule has 0 amide bonds. The van der Waals surface area contributed by atoms with Crippen molar-refractivity contribution in [3.63, 3.8) is 0 Å². The Balaban J connectivity index is 1.69. The van der Waals surface area contributed by atoms with E-state index < -0.39 is 42.4 Å². The van der Waals surface area contributed by atoms with Crippen molar-refractivity contribution in [2.75, 3.05) is 0 Å². The summed E-state index contributed by atoms with van der Waals surface area (Å²) in [6.07, 6.45) is -4.78. The molecule has 0 aliphatic carbocycles. The number of esters is 2. The van der Waals surface area contributed by atoms with Crippen molar-refractivity contribution in [1.82, 2.24) is 14.8 Å². The summed E-state index contributed by atoms with van der Waals surface area (Å²) < 4.78 is 17.6. The van der Waals surface area contributed by atoms with Crippen LogP contribution in [0.2, 0.25) is 0 Å². The molecule has 0 bridgehead atoms. The van der Waals surface area contributed by atoms with Gasteiger partial charge in [0.1, 0.15) is 12.4 Å². The Labute approximate surface area is 186 Å². The Morgan fingerprint density at radius 3 is 1.97 bits per heavy atom. The molecule has 1 saturated heterocycles. The zero-order chi connectivity index (χ0) is 23.4. The first-order valence-electron chi connectivity index (χ1n) is 9.69. The molecule has 1 N–H and O–H groups in total. The molecule has 2 heterocycles. The lowest BCUT2D eigenvalue weighted by Gasteiger charge is -2.23. The van der Waals surface area contributed by atoms with Crippen LogP contribution in [0, 0.1) is 11.3 Å². The second kappa shape index (κ2) is 9.29. The van der Waals surface area contributed by atoms with Crippen LogP contribution in [0.3, 0.4) is 0 Å². The van der Waals surface area contributed by atoms with Gasteiger partial charge in [-0.3, -0.25) is 0 Å². The van der Waals surface area contributed by atoms with Gasteiger partial charge in [0.05, 0.1) is 11.1 Å². The fraction of sp³-hybridized carbons (Fsp3) is 0.182. The van der Waals surface area contributed by atoms with Gasteiger partial charge in [-0.2, -0.15) is 5.26 Å². The van der Waals surface area contributed by atoms with Crippen LogP contribution < -0.4 is 0 Å². The molecule has 11 heteroatoms. The Kier molecular flexibility index (Phi) is 6.10. The Morgan fingerprint density at radius 2 is 1.48 bits per heavy atom. The second-order valence-corrected chi connectivity index (χ2v) is 6.92. The Bertz CT molecular complexity index is 1210. The maximum Gasteiger partial charge on any atom is 0.338 e. The van der Waals surface area contributed by atoms with E-state index in [-0.39, 0.29) is 17.0 Å². The van der Waals surface area contributed by atoms with E-state index in [1.807, 2.05) is 0 Å². The summed E-state index contributed by atoms with van der Waals surface area (Å²) in [6, 6.07) is 17.6. The first-order chi connectivity index (χ1) is 16.0. The lowest BCUT2D eigenvalue weighted by Crippen LogP contribution is -2.42. The third kappa shape index (κ3) is 4.56. The predicted molar refractivity (Wildman–Crippen MR) is 108 cm³/mol. The summed E-state index contributed by atoms with van der Waals surface area (Å²) in [5.41, 5.74) is 0.366. The van der Waals surface area contributed by atoms with Crippen LogP contribution in [-0.4, -0.2) is 56.1 Å². The van der Waals surface area contributed by atoms with Gasteiger partial charge in [-0.25, -0.2) is 24.0 Å². The molecule has 11 nitrogen and oxygen atoms in total. The van der Waals surface area contributed by atoms with Crippen LogP contribution in [0.5, 0.6) is 0 Å². The van der Waals surface area contributed by atoms with Crippen molar-refractivity contribution in [2.45, 2.75) is 24.5 Å². The number of nitriles is 1. The minimum absolute atomic E-state index is 0.172. The number of hydrogen-bond acceptors (Lipinski definition) is 9. The minimum atomic E-state index is -1.68. The Hall–Kier alpha value is -4.56. The standard InChI is InChI=1S/C22H16N4O7/c23-11-15-24-12-26(25-15)19-17(33-22(30)14-9-5-2-6-10-14)16(18(31-19)20(27)28)32-21(29)13-7-3-1-4-8-13/h1-10,12,16-19H,(H,27,28)/t16-,17+,18-,19+/m0/s1. The summed E-state index contributed by atoms with van der Waals surface area (Å²) in [6.45, 7) is 0. The highest BCUT2D eigenvalue weighted by Crippen LogP contribution is 2.34. The first kappa shape index (κ1) is 21.7. The molecule has 0 radical (unpaired) electrons. The van der Waals surface area contributed by atoms with E-state index in [0.717, 1.165) is 11.0 Å². The molecular formula is C22H16N4O7.